The van der Waals surface area contributed by atoms with E-state index in [2.05, 4.69) is 43.8 Å². The van der Waals surface area contributed by atoms with E-state index in [1.54, 1.807) is 25.0 Å². The Hall–Kier alpha value is -2.76. The number of rotatable bonds is 9. The second kappa shape index (κ2) is 9.80. The van der Waals surface area contributed by atoms with Crippen molar-refractivity contribution in [2.75, 3.05) is 0 Å². The summed E-state index contributed by atoms with van der Waals surface area (Å²) >= 11 is 0. The monoisotopic (exact) mass is 362 g/mol. The minimum atomic E-state index is 0.378. The zero-order valence-corrected chi connectivity index (χ0v) is 15.9. The van der Waals surface area contributed by atoms with Gasteiger partial charge in [0.2, 0.25) is 0 Å². The molecule has 140 valence electrons. The molecule has 0 saturated carbocycles. The molecule has 3 heterocycles. The Kier molecular flexibility index (Phi) is 6.90. The van der Waals surface area contributed by atoms with Gasteiger partial charge in [0.05, 0.1) is 5.69 Å². The third-order valence-electron chi connectivity index (χ3n) is 5.16. The topological polar surface area (TPSA) is 77.3 Å². The Balaban J connectivity index is 1.63. The molecular weight excluding hydrogens is 336 g/mol. The Morgan fingerprint density at radius 2 is 1.44 bits per heavy atom. The van der Waals surface area contributed by atoms with Crippen molar-refractivity contribution < 1.29 is 0 Å². The third kappa shape index (κ3) is 5.61. The molecule has 0 aliphatic heterocycles. The highest BCUT2D eigenvalue weighted by Crippen LogP contribution is 2.32. The fourth-order valence-corrected chi connectivity index (χ4v) is 3.33. The molecule has 0 fully saturated rings. The molecule has 0 spiro atoms. The van der Waals surface area contributed by atoms with Crippen molar-refractivity contribution in [2.45, 2.75) is 57.3 Å². The molecule has 0 N–H and O–H groups in total. The molecule has 27 heavy (non-hydrogen) atoms. The van der Waals surface area contributed by atoms with Crippen LogP contribution in [0.2, 0.25) is 0 Å². The fourth-order valence-electron chi connectivity index (χ4n) is 3.33. The van der Waals surface area contributed by atoms with Gasteiger partial charge in [-0.3, -0.25) is 9.97 Å². The summed E-state index contributed by atoms with van der Waals surface area (Å²) in [6.45, 7) is 4.45. The number of hydrogen-bond acceptors (Lipinski definition) is 6. The van der Waals surface area contributed by atoms with Gasteiger partial charge in [0, 0.05) is 48.8 Å². The molecule has 0 saturated heterocycles. The third-order valence-corrected chi connectivity index (χ3v) is 5.16. The van der Waals surface area contributed by atoms with Gasteiger partial charge in [0.25, 0.3) is 0 Å². The van der Waals surface area contributed by atoms with Crippen LogP contribution < -0.4 is 0 Å². The van der Waals surface area contributed by atoms with Crippen LogP contribution in [0.3, 0.4) is 0 Å². The van der Waals surface area contributed by atoms with Crippen LogP contribution in [0.15, 0.2) is 55.9 Å². The first-order valence-corrected chi connectivity index (χ1v) is 9.50. The fraction of sp³-hybridized carbons (Fsp3) is 0.429. The van der Waals surface area contributed by atoms with Gasteiger partial charge >= 0.3 is 0 Å². The van der Waals surface area contributed by atoms with Crippen LogP contribution in [-0.2, 0) is 0 Å². The molecule has 0 aliphatic carbocycles. The molecule has 3 aromatic rings. The number of hydrogen-bond donors (Lipinski definition) is 0. The minimum absolute atomic E-state index is 0.378. The summed E-state index contributed by atoms with van der Waals surface area (Å²) in [6.07, 6.45) is 18.5. The van der Waals surface area contributed by atoms with E-state index in [9.17, 15) is 0 Å². The number of nitrogens with zero attached hydrogens (tertiary/aromatic N) is 6. The Bertz CT molecular complexity index is 732. The van der Waals surface area contributed by atoms with Crippen molar-refractivity contribution in [3.8, 4) is 0 Å². The van der Waals surface area contributed by atoms with Crippen LogP contribution in [0.4, 0.5) is 0 Å². The second-order valence-electron chi connectivity index (χ2n) is 7.09. The standard InChI is InChI=1S/C21H26N6/c1-16(19-11-24-14-25-12-19)3-5-18(20-7-8-23-15-27-20)6-4-17(2)21-13-22-9-10-26-21/h7-18H,3-6H2,1-2H3. The molecule has 0 bridgehead atoms. The van der Waals surface area contributed by atoms with Crippen LogP contribution in [0, 0.1) is 0 Å². The molecular formula is C21H26N6. The van der Waals surface area contributed by atoms with Gasteiger partial charge < -0.3 is 0 Å². The molecule has 3 atom stereocenters. The minimum Gasteiger partial charge on any atom is -0.261 e. The van der Waals surface area contributed by atoms with Gasteiger partial charge in [-0.1, -0.05) is 13.8 Å². The summed E-state index contributed by atoms with van der Waals surface area (Å²) in [4.78, 5) is 25.5. The van der Waals surface area contributed by atoms with Crippen molar-refractivity contribution in [3.05, 3.63) is 72.9 Å². The van der Waals surface area contributed by atoms with Crippen molar-refractivity contribution in [1.82, 2.24) is 29.9 Å². The summed E-state index contributed by atoms with van der Waals surface area (Å²) in [5.41, 5.74) is 3.36. The lowest BCUT2D eigenvalue weighted by atomic mass is 9.86. The highest BCUT2D eigenvalue weighted by atomic mass is 14.8. The predicted octanol–water partition coefficient (Wildman–Crippen LogP) is 4.31. The Labute approximate surface area is 160 Å². The second-order valence-corrected chi connectivity index (χ2v) is 7.09. The smallest absolute Gasteiger partial charge is 0.115 e. The summed E-state index contributed by atoms with van der Waals surface area (Å²) in [6, 6.07) is 2.04. The molecule has 0 radical (unpaired) electrons. The zero-order valence-electron chi connectivity index (χ0n) is 15.9. The van der Waals surface area contributed by atoms with Crippen LogP contribution in [0.1, 0.15) is 74.2 Å². The highest BCUT2D eigenvalue weighted by molar-refractivity contribution is 5.11. The maximum Gasteiger partial charge on any atom is 0.115 e. The van der Waals surface area contributed by atoms with Gasteiger partial charge in [-0.15, -0.1) is 0 Å². The van der Waals surface area contributed by atoms with E-state index >= 15 is 0 Å². The molecule has 6 nitrogen and oxygen atoms in total. The van der Waals surface area contributed by atoms with Gasteiger partial charge in [0.1, 0.15) is 12.7 Å². The Morgan fingerprint density at radius 3 is 2.11 bits per heavy atom. The lowest BCUT2D eigenvalue weighted by Gasteiger charge is -2.20. The van der Waals surface area contributed by atoms with E-state index in [0.29, 0.717) is 17.8 Å². The SMILES string of the molecule is CC(CCC(CCC(C)c1cnccn1)c1ccncn1)c1cncnc1. The molecule has 6 heteroatoms. The summed E-state index contributed by atoms with van der Waals surface area (Å²) in [5, 5.41) is 0. The largest absolute Gasteiger partial charge is 0.261 e. The van der Waals surface area contributed by atoms with Crippen molar-refractivity contribution >= 4 is 0 Å². The molecule has 0 aliphatic rings. The van der Waals surface area contributed by atoms with Crippen LogP contribution in [0.25, 0.3) is 0 Å². The Morgan fingerprint density at radius 1 is 0.667 bits per heavy atom. The van der Waals surface area contributed by atoms with E-state index in [-0.39, 0.29) is 0 Å². The first-order chi connectivity index (χ1) is 13.2. The highest BCUT2D eigenvalue weighted by Gasteiger charge is 2.18. The average Bonchev–Trinajstić information content (AvgIpc) is 2.75. The van der Waals surface area contributed by atoms with Gasteiger partial charge in [-0.05, 0) is 49.1 Å². The zero-order chi connectivity index (χ0) is 18.9. The maximum atomic E-state index is 4.52. The maximum absolute atomic E-state index is 4.52. The van der Waals surface area contributed by atoms with Gasteiger partial charge in [0.15, 0.2) is 0 Å². The molecule has 3 aromatic heterocycles. The van der Waals surface area contributed by atoms with E-state index in [4.69, 9.17) is 0 Å². The van der Waals surface area contributed by atoms with E-state index < -0.39 is 0 Å². The van der Waals surface area contributed by atoms with Gasteiger partial charge in [-0.2, -0.15) is 0 Å². The van der Waals surface area contributed by atoms with Gasteiger partial charge in [-0.25, -0.2) is 19.9 Å². The lowest BCUT2D eigenvalue weighted by molar-refractivity contribution is 0.474. The van der Waals surface area contributed by atoms with Crippen molar-refractivity contribution in [3.63, 3.8) is 0 Å². The van der Waals surface area contributed by atoms with Crippen LogP contribution >= 0.6 is 0 Å². The van der Waals surface area contributed by atoms with Crippen molar-refractivity contribution in [2.24, 2.45) is 0 Å². The predicted molar refractivity (Wildman–Crippen MR) is 104 cm³/mol. The lowest BCUT2D eigenvalue weighted by Crippen LogP contribution is -2.07. The molecule has 0 amide bonds. The van der Waals surface area contributed by atoms with Crippen LogP contribution in [0.5, 0.6) is 0 Å². The molecule has 3 unspecified atom stereocenters. The molecule has 0 aromatic carbocycles. The van der Waals surface area contributed by atoms with E-state index in [0.717, 1.165) is 37.1 Å². The number of aromatic nitrogens is 6. The summed E-state index contributed by atoms with van der Waals surface area (Å²) in [7, 11) is 0. The van der Waals surface area contributed by atoms with Crippen LogP contribution in [-0.4, -0.2) is 29.9 Å². The first-order valence-electron chi connectivity index (χ1n) is 9.50. The molecule has 3 rings (SSSR count). The first kappa shape index (κ1) is 19.0. The normalized spacial score (nSPS) is 14.4. The van der Waals surface area contributed by atoms with E-state index in [1.165, 1.54) is 5.56 Å². The summed E-state index contributed by atoms with van der Waals surface area (Å²) in [5.74, 6) is 1.20. The van der Waals surface area contributed by atoms with E-state index in [1.807, 2.05) is 30.9 Å². The summed E-state index contributed by atoms with van der Waals surface area (Å²) < 4.78 is 0. The van der Waals surface area contributed by atoms with Crippen molar-refractivity contribution in [1.29, 1.82) is 0 Å². The average molecular weight is 362 g/mol. The quantitative estimate of drug-likeness (QED) is 0.564.